The highest BCUT2D eigenvalue weighted by molar-refractivity contribution is 7.85. The molecule has 0 aromatic carbocycles. The number of ether oxygens (including phenoxy) is 3. The Morgan fingerprint density at radius 1 is 0.812 bits per heavy atom. The molecule has 0 aliphatic heterocycles. The maximum Gasteiger partial charge on any atom is 0.264 e. The van der Waals surface area contributed by atoms with Gasteiger partial charge in [-0.15, -0.1) is 0 Å². The average molecular weight is 256 g/mol. The van der Waals surface area contributed by atoms with E-state index in [1.54, 1.807) is 0 Å². The summed E-state index contributed by atoms with van der Waals surface area (Å²) in [6.45, 7) is 4.88. The predicted molar refractivity (Wildman–Crippen MR) is 58.9 cm³/mol. The van der Waals surface area contributed by atoms with Gasteiger partial charge in [0, 0.05) is 6.61 Å². The largest absolute Gasteiger partial charge is 0.379 e. The number of hydrogen-bond acceptors (Lipinski definition) is 6. The van der Waals surface area contributed by atoms with Crippen molar-refractivity contribution in [3.05, 3.63) is 0 Å². The van der Waals surface area contributed by atoms with E-state index in [4.69, 9.17) is 14.2 Å². The Bertz CT molecular complexity index is 238. The monoisotopic (exact) mass is 256 g/mol. The van der Waals surface area contributed by atoms with E-state index in [2.05, 4.69) is 4.18 Å². The van der Waals surface area contributed by atoms with Gasteiger partial charge in [-0.1, -0.05) is 0 Å². The Labute approximate surface area is 96.9 Å². The fraction of sp³-hybridized carbons (Fsp3) is 1.00. The van der Waals surface area contributed by atoms with Crippen LogP contribution in [-0.2, 0) is 28.5 Å². The second kappa shape index (κ2) is 9.98. The second-order valence-electron chi connectivity index (χ2n) is 2.95. The van der Waals surface area contributed by atoms with Gasteiger partial charge in [-0.3, -0.25) is 4.18 Å². The standard InChI is InChI=1S/C9H20O6S/c1-3-12-4-5-13-6-7-14-8-9-15-16(2,10)11/h3-9H2,1-2H3. The first kappa shape index (κ1) is 15.8. The molecule has 98 valence electrons. The predicted octanol–water partition coefficient (Wildman–Crippen LogP) is 0.0323. The average Bonchev–Trinajstić information content (AvgIpc) is 2.19. The van der Waals surface area contributed by atoms with Gasteiger partial charge in [0.15, 0.2) is 0 Å². The van der Waals surface area contributed by atoms with E-state index >= 15 is 0 Å². The van der Waals surface area contributed by atoms with Crippen molar-refractivity contribution < 1.29 is 26.8 Å². The van der Waals surface area contributed by atoms with Crippen LogP contribution in [0.1, 0.15) is 6.92 Å². The minimum atomic E-state index is -3.36. The molecule has 7 heteroatoms. The lowest BCUT2D eigenvalue weighted by Gasteiger charge is -2.05. The van der Waals surface area contributed by atoms with Crippen molar-refractivity contribution in [2.24, 2.45) is 0 Å². The molecule has 0 amide bonds. The molecule has 0 aromatic rings. The molecule has 0 N–H and O–H groups in total. The van der Waals surface area contributed by atoms with Gasteiger partial charge in [0.2, 0.25) is 0 Å². The zero-order chi connectivity index (χ0) is 12.3. The number of hydrogen-bond donors (Lipinski definition) is 0. The van der Waals surface area contributed by atoms with Gasteiger partial charge in [0.1, 0.15) is 0 Å². The van der Waals surface area contributed by atoms with E-state index in [9.17, 15) is 8.42 Å². The fourth-order valence-corrected chi connectivity index (χ4v) is 1.20. The van der Waals surface area contributed by atoms with E-state index in [0.717, 1.165) is 6.26 Å². The van der Waals surface area contributed by atoms with Crippen LogP contribution in [0.15, 0.2) is 0 Å². The first-order valence-electron chi connectivity index (χ1n) is 5.14. The summed E-state index contributed by atoms with van der Waals surface area (Å²) in [5, 5.41) is 0. The molecule has 16 heavy (non-hydrogen) atoms. The summed E-state index contributed by atoms with van der Waals surface area (Å²) in [7, 11) is -3.36. The molecule has 0 unspecified atom stereocenters. The van der Waals surface area contributed by atoms with Crippen molar-refractivity contribution in [2.75, 3.05) is 52.5 Å². The van der Waals surface area contributed by atoms with Crippen LogP contribution in [0, 0.1) is 0 Å². The lowest BCUT2D eigenvalue weighted by molar-refractivity contribution is 0.0118. The summed E-state index contributed by atoms with van der Waals surface area (Å²) >= 11 is 0. The van der Waals surface area contributed by atoms with Crippen molar-refractivity contribution >= 4 is 10.1 Å². The third kappa shape index (κ3) is 13.8. The molecule has 0 aromatic heterocycles. The Kier molecular flexibility index (Phi) is 9.85. The fourth-order valence-electron chi connectivity index (χ4n) is 0.828. The van der Waals surface area contributed by atoms with Crippen LogP contribution in [0.25, 0.3) is 0 Å². The van der Waals surface area contributed by atoms with Crippen LogP contribution in [-0.4, -0.2) is 60.9 Å². The maximum absolute atomic E-state index is 10.6. The first-order valence-corrected chi connectivity index (χ1v) is 6.95. The van der Waals surface area contributed by atoms with E-state index in [1.165, 1.54) is 0 Å². The molecule has 0 aliphatic carbocycles. The van der Waals surface area contributed by atoms with Crippen LogP contribution < -0.4 is 0 Å². The zero-order valence-corrected chi connectivity index (χ0v) is 10.6. The minimum absolute atomic E-state index is 0.0395. The van der Waals surface area contributed by atoms with Gasteiger partial charge in [0.25, 0.3) is 10.1 Å². The lowest BCUT2D eigenvalue weighted by Crippen LogP contribution is -2.13. The molecular formula is C9H20O6S. The molecule has 0 heterocycles. The van der Waals surface area contributed by atoms with E-state index in [-0.39, 0.29) is 13.2 Å². The Morgan fingerprint density at radius 3 is 1.69 bits per heavy atom. The molecule has 0 saturated carbocycles. The highest BCUT2D eigenvalue weighted by atomic mass is 32.2. The summed E-state index contributed by atoms with van der Waals surface area (Å²) in [4.78, 5) is 0. The third-order valence-corrected chi connectivity index (χ3v) is 2.07. The summed E-state index contributed by atoms with van der Waals surface area (Å²) in [5.41, 5.74) is 0. The molecule has 0 radical (unpaired) electrons. The lowest BCUT2D eigenvalue weighted by atomic mass is 10.7. The van der Waals surface area contributed by atoms with Crippen molar-refractivity contribution in [1.82, 2.24) is 0 Å². The van der Waals surface area contributed by atoms with Gasteiger partial charge in [-0.25, -0.2) is 0 Å². The van der Waals surface area contributed by atoms with E-state index in [0.29, 0.717) is 33.0 Å². The van der Waals surface area contributed by atoms with Crippen LogP contribution in [0.2, 0.25) is 0 Å². The van der Waals surface area contributed by atoms with E-state index in [1.807, 2.05) is 6.92 Å². The van der Waals surface area contributed by atoms with Gasteiger partial charge in [0.05, 0.1) is 45.9 Å². The quantitative estimate of drug-likeness (QED) is 0.384. The number of rotatable bonds is 11. The summed E-state index contributed by atoms with van der Waals surface area (Å²) in [6.07, 6.45) is 1.00. The molecule has 0 rings (SSSR count). The Balaban J connectivity index is 3.05. The topological polar surface area (TPSA) is 71.1 Å². The first-order chi connectivity index (χ1) is 7.56. The summed E-state index contributed by atoms with van der Waals surface area (Å²) < 4.78 is 40.9. The van der Waals surface area contributed by atoms with Crippen LogP contribution in [0.5, 0.6) is 0 Å². The van der Waals surface area contributed by atoms with Crippen LogP contribution in [0.4, 0.5) is 0 Å². The zero-order valence-electron chi connectivity index (χ0n) is 9.81. The van der Waals surface area contributed by atoms with Gasteiger partial charge < -0.3 is 14.2 Å². The summed E-state index contributed by atoms with van der Waals surface area (Å²) in [5.74, 6) is 0. The molecule has 0 saturated heterocycles. The highest BCUT2D eigenvalue weighted by Crippen LogP contribution is 1.87. The third-order valence-electron chi connectivity index (χ3n) is 1.47. The molecule has 6 nitrogen and oxygen atoms in total. The van der Waals surface area contributed by atoms with Gasteiger partial charge in [-0.2, -0.15) is 8.42 Å². The summed E-state index contributed by atoms with van der Waals surface area (Å²) in [6, 6.07) is 0. The second-order valence-corrected chi connectivity index (χ2v) is 4.59. The van der Waals surface area contributed by atoms with E-state index < -0.39 is 10.1 Å². The Hall–Kier alpha value is -0.210. The normalized spacial score (nSPS) is 11.9. The molecule has 0 atom stereocenters. The molecule has 0 aliphatic rings. The van der Waals surface area contributed by atoms with Gasteiger partial charge in [-0.05, 0) is 6.92 Å². The van der Waals surface area contributed by atoms with Crippen LogP contribution in [0.3, 0.4) is 0 Å². The van der Waals surface area contributed by atoms with Crippen molar-refractivity contribution in [2.45, 2.75) is 6.92 Å². The minimum Gasteiger partial charge on any atom is -0.379 e. The molecule has 0 fully saturated rings. The smallest absolute Gasteiger partial charge is 0.264 e. The van der Waals surface area contributed by atoms with Crippen molar-refractivity contribution in [1.29, 1.82) is 0 Å². The highest BCUT2D eigenvalue weighted by Gasteiger charge is 2.00. The molecular weight excluding hydrogens is 236 g/mol. The Morgan fingerprint density at radius 2 is 1.25 bits per heavy atom. The van der Waals surface area contributed by atoms with Gasteiger partial charge >= 0.3 is 0 Å². The molecule has 0 spiro atoms. The van der Waals surface area contributed by atoms with Crippen molar-refractivity contribution in [3.8, 4) is 0 Å². The maximum atomic E-state index is 10.6. The van der Waals surface area contributed by atoms with Crippen molar-refractivity contribution in [3.63, 3.8) is 0 Å². The SMILES string of the molecule is CCOCCOCCOCCOS(C)(=O)=O. The molecule has 0 bridgehead atoms. The van der Waals surface area contributed by atoms with Crippen LogP contribution >= 0.6 is 0 Å².